The maximum absolute atomic E-state index is 6.13. The quantitative estimate of drug-likeness (QED) is 0.593. The molecule has 78 valence electrons. The molecule has 0 saturated carbocycles. The fraction of sp³-hybridized carbons (Fsp3) is 1.00. The smallest absolute Gasteiger partial charge is 0.134 e. The predicted molar refractivity (Wildman–Crippen MR) is 56.9 cm³/mol. The maximum atomic E-state index is 6.13. The van der Waals surface area contributed by atoms with Crippen molar-refractivity contribution in [3.63, 3.8) is 0 Å². The average Bonchev–Trinajstić information content (AvgIpc) is 1.94. The van der Waals surface area contributed by atoms with Gasteiger partial charge in [-0.15, -0.1) is 0 Å². The van der Waals surface area contributed by atoms with Crippen LogP contribution < -0.4 is 0 Å². The zero-order valence-corrected chi connectivity index (χ0v) is 9.90. The molecule has 0 radical (unpaired) electrons. The highest BCUT2D eigenvalue weighted by atomic mass is 35.5. The Morgan fingerprint density at radius 2 is 2.00 bits per heavy atom. The Morgan fingerprint density at radius 1 is 1.38 bits per heavy atom. The van der Waals surface area contributed by atoms with Crippen LogP contribution in [-0.4, -0.2) is 12.2 Å². The molecule has 1 fully saturated rings. The first kappa shape index (κ1) is 11.3. The number of ether oxygens (including phenoxy) is 1. The molecule has 0 aliphatic carbocycles. The number of rotatable bonds is 1. The molecule has 1 aliphatic heterocycles. The highest BCUT2D eigenvalue weighted by Crippen LogP contribution is 2.36. The van der Waals surface area contributed by atoms with Gasteiger partial charge in [0.25, 0.3) is 0 Å². The standard InChI is InChI=1S/C11H21ClO/c1-8-5-9(6-11(2,3)4)10(12)13-7-8/h8-10H,5-7H2,1-4H3. The fourth-order valence-electron chi connectivity index (χ4n) is 2.05. The lowest BCUT2D eigenvalue weighted by atomic mass is 9.80. The van der Waals surface area contributed by atoms with Crippen molar-refractivity contribution in [2.45, 2.75) is 46.1 Å². The molecule has 1 nitrogen and oxygen atoms in total. The molecule has 0 spiro atoms. The predicted octanol–water partition coefficient (Wildman–Crippen LogP) is 3.66. The Balaban J connectivity index is 2.47. The van der Waals surface area contributed by atoms with Crippen molar-refractivity contribution in [3.8, 4) is 0 Å². The normalized spacial score (nSPS) is 36.2. The Morgan fingerprint density at radius 3 is 2.54 bits per heavy atom. The first-order chi connectivity index (χ1) is 5.88. The van der Waals surface area contributed by atoms with E-state index in [9.17, 15) is 0 Å². The second-order valence-electron chi connectivity index (χ2n) is 5.55. The van der Waals surface area contributed by atoms with Crippen LogP contribution >= 0.6 is 11.6 Å². The molecule has 1 aliphatic rings. The van der Waals surface area contributed by atoms with Gasteiger partial charge >= 0.3 is 0 Å². The van der Waals surface area contributed by atoms with E-state index in [0.29, 0.717) is 17.3 Å². The first-order valence-electron chi connectivity index (χ1n) is 5.14. The molecular formula is C11H21ClO. The summed E-state index contributed by atoms with van der Waals surface area (Å²) < 4.78 is 5.51. The monoisotopic (exact) mass is 204 g/mol. The molecule has 0 N–H and O–H groups in total. The van der Waals surface area contributed by atoms with E-state index >= 15 is 0 Å². The molecule has 3 unspecified atom stereocenters. The van der Waals surface area contributed by atoms with Gasteiger partial charge in [0.2, 0.25) is 0 Å². The average molecular weight is 205 g/mol. The van der Waals surface area contributed by atoms with E-state index in [4.69, 9.17) is 16.3 Å². The largest absolute Gasteiger partial charge is 0.362 e. The van der Waals surface area contributed by atoms with Gasteiger partial charge in [-0.1, -0.05) is 39.3 Å². The molecule has 0 aromatic heterocycles. The lowest BCUT2D eigenvalue weighted by molar-refractivity contribution is -0.0182. The molecule has 1 heterocycles. The van der Waals surface area contributed by atoms with E-state index in [1.165, 1.54) is 6.42 Å². The molecule has 3 atom stereocenters. The van der Waals surface area contributed by atoms with Gasteiger partial charge in [0.15, 0.2) is 0 Å². The van der Waals surface area contributed by atoms with Gasteiger partial charge < -0.3 is 4.74 Å². The van der Waals surface area contributed by atoms with Gasteiger partial charge in [0.05, 0.1) is 6.61 Å². The summed E-state index contributed by atoms with van der Waals surface area (Å²) in [6.45, 7) is 9.84. The summed E-state index contributed by atoms with van der Waals surface area (Å²) in [5.41, 5.74) is 0.300. The molecule has 2 heteroatoms. The van der Waals surface area contributed by atoms with Crippen molar-refractivity contribution in [3.05, 3.63) is 0 Å². The van der Waals surface area contributed by atoms with Crippen LogP contribution in [0.4, 0.5) is 0 Å². The second-order valence-corrected chi connectivity index (χ2v) is 5.98. The SMILES string of the molecule is CC1COC(Cl)C(CC(C)(C)C)C1. The minimum absolute atomic E-state index is 0.0598. The van der Waals surface area contributed by atoms with Gasteiger partial charge in [0, 0.05) is 0 Å². The summed E-state index contributed by atoms with van der Waals surface area (Å²) in [4.78, 5) is 0. The Labute approximate surface area is 86.8 Å². The van der Waals surface area contributed by atoms with E-state index in [-0.39, 0.29) is 5.56 Å². The summed E-state index contributed by atoms with van der Waals surface area (Å²) in [5, 5.41) is 0. The summed E-state index contributed by atoms with van der Waals surface area (Å²) in [7, 11) is 0. The van der Waals surface area contributed by atoms with Crippen LogP contribution in [-0.2, 0) is 4.74 Å². The lowest BCUT2D eigenvalue weighted by Gasteiger charge is -2.35. The van der Waals surface area contributed by atoms with Gasteiger partial charge in [-0.05, 0) is 30.1 Å². The van der Waals surface area contributed by atoms with Crippen LogP contribution in [0.2, 0.25) is 0 Å². The van der Waals surface area contributed by atoms with E-state index in [1.54, 1.807) is 0 Å². The van der Waals surface area contributed by atoms with Crippen LogP contribution in [0.15, 0.2) is 0 Å². The maximum Gasteiger partial charge on any atom is 0.134 e. The van der Waals surface area contributed by atoms with Gasteiger partial charge in [-0.25, -0.2) is 0 Å². The third kappa shape index (κ3) is 3.86. The molecule has 13 heavy (non-hydrogen) atoms. The van der Waals surface area contributed by atoms with E-state index in [1.807, 2.05) is 0 Å². The lowest BCUT2D eigenvalue weighted by Crippen LogP contribution is -2.32. The Kier molecular flexibility index (Phi) is 3.64. The number of hydrogen-bond donors (Lipinski definition) is 0. The van der Waals surface area contributed by atoms with Crippen molar-refractivity contribution < 1.29 is 4.74 Å². The van der Waals surface area contributed by atoms with Gasteiger partial charge in [0.1, 0.15) is 5.56 Å². The highest BCUT2D eigenvalue weighted by molar-refractivity contribution is 6.19. The van der Waals surface area contributed by atoms with Gasteiger partial charge in [-0.3, -0.25) is 0 Å². The number of hydrogen-bond acceptors (Lipinski definition) is 1. The van der Waals surface area contributed by atoms with Gasteiger partial charge in [-0.2, -0.15) is 0 Å². The molecular weight excluding hydrogens is 184 g/mol. The molecule has 0 aromatic rings. The third-order valence-corrected chi connectivity index (χ3v) is 2.97. The van der Waals surface area contributed by atoms with Crippen molar-refractivity contribution in [2.75, 3.05) is 6.61 Å². The summed E-state index contributed by atoms with van der Waals surface area (Å²) in [5.74, 6) is 1.20. The molecule has 0 amide bonds. The highest BCUT2D eigenvalue weighted by Gasteiger charge is 2.30. The Bertz CT molecular complexity index is 162. The second kappa shape index (κ2) is 4.18. The fourth-order valence-corrected chi connectivity index (χ4v) is 2.31. The van der Waals surface area contributed by atoms with Crippen molar-refractivity contribution in [2.24, 2.45) is 17.3 Å². The summed E-state index contributed by atoms with van der Waals surface area (Å²) in [6, 6.07) is 0. The van der Waals surface area contributed by atoms with E-state index in [2.05, 4.69) is 27.7 Å². The van der Waals surface area contributed by atoms with E-state index in [0.717, 1.165) is 13.0 Å². The Hall–Kier alpha value is 0.250. The summed E-state index contributed by atoms with van der Waals surface area (Å²) in [6.07, 6.45) is 2.37. The zero-order valence-electron chi connectivity index (χ0n) is 9.14. The minimum Gasteiger partial charge on any atom is -0.362 e. The zero-order chi connectivity index (χ0) is 10.1. The molecule has 1 rings (SSSR count). The number of alkyl halides is 1. The van der Waals surface area contributed by atoms with Crippen molar-refractivity contribution in [1.82, 2.24) is 0 Å². The summed E-state index contributed by atoms with van der Waals surface area (Å²) >= 11 is 6.13. The molecule has 0 aromatic carbocycles. The minimum atomic E-state index is -0.0598. The van der Waals surface area contributed by atoms with Crippen molar-refractivity contribution >= 4 is 11.6 Å². The van der Waals surface area contributed by atoms with Crippen LogP contribution in [0.1, 0.15) is 40.5 Å². The van der Waals surface area contributed by atoms with Crippen LogP contribution in [0.5, 0.6) is 0 Å². The first-order valence-corrected chi connectivity index (χ1v) is 5.58. The van der Waals surface area contributed by atoms with E-state index < -0.39 is 0 Å². The van der Waals surface area contributed by atoms with Crippen LogP contribution in [0.25, 0.3) is 0 Å². The molecule has 1 saturated heterocycles. The van der Waals surface area contributed by atoms with Crippen molar-refractivity contribution in [1.29, 1.82) is 0 Å². The topological polar surface area (TPSA) is 9.23 Å². The van der Waals surface area contributed by atoms with Crippen LogP contribution in [0, 0.1) is 17.3 Å². The van der Waals surface area contributed by atoms with Crippen LogP contribution in [0.3, 0.4) is 0 Å². The molecule has 0 bridgehead atoms. The third-order valence-electron chi connectivity index (χ3n) is 2.49. The number of halogens is 1.